The normalized spacial score (nSPS) is 24.5. The highest BCUT2D eigenvalue weighted by Gasteiger charge is 2.28. The Morgan fingerprint density at radius 3 is 2.69 bits per heavy atom. The molecule has 1 aromatic rings. The third kappa shape index (κ3) is 4.24. The minimum absolute atomic E-state index is 0.0124. The molecule has 0 aromatic carbocycles. The van der Waals surface area contributed by atoms with Crippen LogP contribution in [0.4, 0.5) is 5.82 Å². The first-order valence-electron chi connectivity index (χ1n) is 9.63. The van der Waals surface area contributed by atoms with Gasteiger partial charge in [-0.3, -0.25) is 14.5 Å². The Balaban J connectivity index is 1.28. The van der Waals surface area contributed by atoms with Crippen molar-refractivity contribution in [3.05, 3.63) is 12.3 Å². The second-order valence-corrected chi connectivity index (χ2v) is 7.56. The second kappa shape index (κ2) is 7.75. The molecule has 1 aliphatic carbocycles. The van der Waals surface area contributed by atoms with E-state index in [9.17, 15) is 9.59 Å². The standard InChI is InChI=1S/C18H27N5O3/c24-17(20-14-1-2-14)11-22-8-4-15(5-9-22)23-16(3-7-19-23)21-18(25)13-6-10-26-12-13/h3,7,13-15H,1-2,4-6,8-12H2,(H,20,24)(H,21,25)/t13-/m1/s1. The van der Waals surface area contributed by atoms with Gasteiger partial charge in [-0.15, -0.1) is 0 Å². The number of amides is 2. The number of ether oxygens (including phenoxy) is 1. The molecule has 3 aliphatic rings. The third-order valence-electron chi connectivity index (χ3n) is 5.43. The van der Waals surface area contributed by atoms with Crippen molar-refractivity contribution in [2.75, 3.05) is 38.2 Å². The SMILES string of the molecule is O=C(CN1CCC(n2nccc2NC(=O)[C@@H]2CCOC2)CC1)NC1CC1. The van der Waals surface area contributed by atoms with Crippen LogP contribution in [0, 0.1) is 5.92 Å². The van der Waals surface area contributed by atoms with E-state index in [1.165, 1.54) is 0 Å². The van der Waals surface area contributed by atoms with Gasteiger partial charge in [0.1, 0.15) is 5.82 Å². The van der Waals surface area contributed by atoms with Crippen molar-refractivity contribution >= 4 is 17.6 Å². The van der Waals surface area contributed by atoms with Crippen LogP contribution in [0.15, 0.2) is 12.3 Å². The van der Waals surface area contributed by atoms with Gasteiger partial charge in [0, 0.05) is 31.8 Å². The second-order valence-electron chi connectivity index (χ2n) is 7.56. The molecule has 0 spiro atoms. The van der Waals surface area contributed by atoms with Gasteiger partial charge in [0.25, 0.3) is 0 Å². The van der Waals surface area contributed by atoms with Crippen LogP contribution < -0.4 is 10.6 Å². The zero-order chi connectivity index (χ0) is 17.9. The van der Waals surface area contributed by atoms with E-state index in [1.54, 1.807) is 6.20 Å². The summed E-state index contributed by atoms with van der Waals surface area (Å²) in [7, 11) is 0. The van der Waals surface area contributed by atoms with Gasteiger partial charge in [0.15, 0.2) is 0 Å². The zero-order valence-electron chi connectivity index (χ0n) is 15.0. The van der Waals surface area contributed by atoms with Crippen LogP contribution in [0.2, 0.25) is 0 Å². The van der Waals surface area contributed by atoms with Crippen LogP contribution >= 0.6 is 0 Å². The lowest BCUT2D eigenvalue weighted by Gasteiger charge is -2.32. The molecule has 3 fully saturated rings. The van der Waals surface area contributed by atoms with Crippen LogP contribution in [0.3, 0.4) is 0 Å². The maximum absolute atomic E-state index is 12.3. The highest BCUT2D eigenvalue weighted by Crippen LogP contribution is 2.26. The molecule has 1 aromatic heterocycles. The average molecular weight is 361 g/mol. The summed E-state index contributed by atoms with van der Waals surface area (Å²) in [6, 6.07) is 2.52. The Labute approximate surface area is 153 Å². The van der Waals surface area contributed by atoms with Crippen molar-refractivity contribution in [2.45, 2.75) is 44.2 Å². The van der Waals surface area contributed by atoms with E-state index in [0.717, 1.165) is 51.0 Å². The van der Waals surface area contributed by atoms with Crippen molar-refractivity contribution in [3.8, 4) is 0 Å². The van der Waals surface area contributed by atoms with E-state index in [0.29, 0.717) is 25.8 Å². The molecular weight excluding hydrogens is 334 g/mol. The fourth-order valence-corrected chi connectivity index (χ4v) is 3.70. The molecule has 4 rings (SSSR count). The summed E-state index contributed by atoms with van der Waals surface area (Å²) in [4.78, 5) is 26.5. The molecular formula is C18H27N5O3. The summed E-state index contributed by atoms with van der Waals surface area (Å²) in [6.45, 7) is 3.37. The smallest absolute Gasteiger partial charge is 0.234 e. The molecule has 0 bridgehead atoms. The number of nitrogens with zero attached hydrogens (tertiary/aromatic N) is 3. The van der Waals surface area contributed by atoms with Crippen molar-refractivity contribution in [3.63, 3.8) is 0 Å². The number of rotatable bonds is 6. The first kappa shape index (κ1) is 17.5. The Morgan fingerprint density at radius 2 is 2.00 bits per heavy atom. The van der Waals surface area contributed by atoms with E-state index in [-0.39, 0.29) is 23.8 Å². The summed E-state index contributed by atoms with van der Waals surface area (Å²) < 4.78 is 7.22. The molecule has 142 valence electrons. The highest BCUT2D eigenvalue weighted by molar-refractivity contribution is 5.92. The number of nitrogens with one attached hydrogen (secondary N) is 2. The predicted molar refractivity (Wildman–Crippen MR) is 95.7 cm³/mol. The lowest BCUT2D eigenvalue weighted by Crippen LogP contribution is -2.42. The van der Waals surface area contributed by atoms with Gasteiger partial charge in [-0.2, -0.15) is 5.10 Å². The zero-order valence-corrected chi connectivity index (χ0v) is 15.0. The van der Waals surface area contributed by atoms with Crippen LogP contribution in [0.1, 0.15) is 38.1 Å². The Bertz CT molecular complexity index is 643. The van der Waals surface area contributed by atoms with Gasteiger partial charge < -0.3 is 15.4 Å². The molecule has 26 heavy (non-hydrogen) atoms. The number of aromatic nitrogens is 2. The topological polar surface area (TPSA) is 88.5 Å². The van der Waals surface area contributed by atoms with Crippen molar-refractivity contribution < 1.29 is 14.3 Å². The Morgan fingerprint density at radius 1 is 1.19 bits per heavy atom. The first-order valence-corrected chi connectivity index (χ1v) is 9.63. The minimum Gasteiger partial charge on any atom is -0.381 e. The molecule has 0 radical (unpaired) electrons. The van der Waals surface area contributed by atoms with Crippen LogP contribution in [0.25, 0.3) is 0 Å². The van der Waals surface area contributed by atoms with Gasteiger partial charge in [-0.1, -0.05) is 0 Å². The molecule has 8 nitrogen and oxygen atoms in total. The molecule has 3 heterocycles. The number of carbonyl (C=O) groups is 2. The summed E-state index contributed by atoms with van der Waals surface area (Å²) in [5.74, 6) is 0.840. The van der Waals surface area contributed by atoms with E-state index in [2.05, 4.69) is 20.6 Å². The summed E-state index contributed by atoms with van der Waals surface area (Å²) in [5.41, 5.74) is 0. The van der Waals surface area contributed by atoms with Crippen LogP contribution in [0.5, 0.6) is 0 Å². The molecule has 1 saturated carbocycles. The number of anilines is 1. The Kier molecular flexibility index (Phi) is 5.21. The summed E-state index contributed by atoms with van der Waals surface area (Å²) in [6.07, 6.45) is 6.60. The van der Waals surface area contributed by atoms with Crippen molar-refractivity contribution in [1.29, 1.82) is 0 Å². The predicted octanol–water partition coefficient (Wildman–Crippen LogP) is 0.774. The Hall–Kier alpha value is -1.93. The van der Waals surface area contributed by atoms with E-state index in [1.807, 2.05) is 10.7 Å². The summed E-state index contributed by atoms with van der Waals surface area (Å²) >= 11 is 0. The van der Waals surface area contributed by atoms with Crippen LogP contribution in [-0.4, -0.2) is 65.4 Å². The van der Waals surface area contributed by atoms with Gasteiger partial charge in [-0.05, 0) is 32.1 Å². The monoisotopic (exact) mass is 361 g/mol. The van der Waals surface area contributed by atoms with E-state index >= 15 is 0 Å². The molecule has 2 saturated heterocycles. The maximum Gasteiger partial charge on any atom is 0.234 e. The number of piperidine rings is 1. The highest BCUT2D eigenvalue weighted by atomic mass is 16.5. The molecule has 2 aliphatic heterocycles. The van der Waals surface area contributed by atoms with Gasteiger partial charge in [-0.25, -0.2) is 4.68 Å². The number of hydrogen-bond acceptors (Lipinski definition) is 5. The molecule has 1 atom stereocenters. The number of hydrogen-bond donors (Lipinski definition) is 2. The largest absolute Gasteiger partial charge is 0.381 e. The lowest BCUT2D eigenvalue weighted by molar-refractivity contribution is -0.123. The first-order chi connectivity index (χ1) is 12.7. The molecule has 2 amide bonds. The third-order valence-corrected chi connectivity index (χ3v) is 5.43. The van der Waals surface area contributed by atoms with Crippen LogP contribution in [-0.2, 0) is 14.3 Å². The molecule has 0 unspecified atom stereocenters. The van der Waals surface area contributed by atoms with Crippen molar-refractivity contribution in [1.82, 2.24) is 20.0 Å². The van der Waals surface area contributed by atoms with Gasteiger partial charge >= 0.3 is 0 Å². The quantitative estimate of drug-likeness (QED) is 0.781. The van der Waals surface area contributed by atoms with E-state index < -0.39 is 0 Å². The van der Waals surface area contributed by atoms with Gasteiger partial charge in [0.2, 0.25) is 11.8 Å². The van der Waals surface area contributed by atoms with E-state index in [4.69, 9.17) is 4.74 Å². The maximum atomic E-state index is 12.3. The number of likely N-dealkylation sites (tertiary alicyclic amines) is 1. The molecule has 8 heteroatoms. The number of carbonyl (C=O) groups excluding carboxylic acids is 2. The van der Waals surface area contributed by atoms with Gasteiger partial charge in [0.05, 0.1) is 31.3 Å². The van der Waals surface area contributed by atoms with Crippen molar-refractivity contribution in [2.24, 2.45) is 5.92 Å². The summed E-state index contributed by atoms with van der Waals surface area (Å²) in [5, 5.41) is 10.5. The fourth-order valence-electron chi connectivity index (χ4n) is 3.70. The lowest BCUT2D eigenvalue weighted by atomic mass is 10.1. The average Bonchev–Trinajstić information content (AvgIpc) is 3.12. The molecule has 2 N–H and O–H groups in total. The minimum atomic E-state index is -0.0647. The fraction of sp³-hybridized carbons (Fsp3) is 0.722.